The third-order valence-corrected chi connectivity index (χ3v) is 4.13. The van der Waals surface area contributed by atoms with Crippen LogP contribution >= 0.6 is 0 Å². The van der Waals surface area contributed by atoms with Crippen LogP contribution in [0.4, 0.5) is 0 Å². The number of hydrogen-bond acceptors (Lipinski definition) is 2. The van der Waals surface area contributed by atoms with E-state index in [4.69, 9.17) is 9.47 Å². The number of para-hydroxylation sites is 1. The fourth-order valence-electron chi connectivity index (χ4n) is 2.98. The van der Waals surface area contributed by atoms with E-state index < -0.39 is 0 Å². The second-order valence-electron chi connectivity index (χ2n) is 5.51. The number of pyridine rings is 1. The summed E-state index contributed by atoms with van der Waals surface area (Å²) in [5.74, 6) is 1.63. The van der Waals surface area contributed by atoms with E-state index in [1.807, 2.05) is 18.2 Å². The molecule has 1 aromatic heterocycles. The van der Waals surface area contributed by atoms with Crippen LogP contribution in [0.1, 0.15) is 18.2 Å². The molecule has 1 aliphatic rings. The van der Waals surface area contributed by atoms with Gasteiger partial charge in [-0.15, -0.1) is 0 Å². The summed E-state index contributed by atoms with van der Waals surface area (Å²) in [5, 5.41) is 1.26. The Morgan fingerprint density at radius 1 is 0.957 bits per heavy atom. The van der Waals surface area contributed by atoms with Crippen LogP contribution in [0, 0.1) is 0 Å². The van der Waals surface area contributed by atoms with Gasteiger partial charge in [-0.2, -0.15) is 4.57 Å². The number of nitrogens with zero attached hydrogens (tertiary/aromatic N) is 1. The van der Waals surface area contributed by atoms with Gasteiger partial charge >= 0.3 is 0 Å². The summed E-state index contributed by atoms with van der Waals surface area (Å²) in [6.07, 6.45) is 4.26. The lowest BCUT2D eigenvalue weighted by molar-refractivity contribution is -0.669. The fourth-order valence-corrected chi connectivity index (χ4v) is 2.98. The Hall–Kier alpha value is -2.81. The summed E-state index contributed by atoms with van der Waals surface area (Å²) < 4.78 is 13.1. The standard InChI is InChI=1S/C20H18NO2/c1-2-21-17(11-9-16-5-3-4-6-18(16)21)10-7-15-8-12-19-20(13-15)23-14-22-19/h3-13H,2,14H2,1H3/q+1/b10-7-. The molecule has 3 heteroatoms. The summed E-state index contributed by atoms with van der Waals surface area (Å²) >= 11 is 0. The molecule has 0 unspecified atom stereocenters. The van der Waals surface area contributed by atoms with Crippen molar-refractivity contribution in [2.45, 2.75) is 13.5 Å². The van der Waals surface area contributed by atoms with Crippen molar-refractivity contribution in [3.8, 4) is 11.5 Å². The van der Waals surface area contributed by atoms with Crippen LogP contribution in [0.25, 0.3) is 23.1 Å². The summed E-state index contributed by atoms with van der Waals surface area (Å²) in [6.45, 7) is 3.41. The Kier molecular flexibility index (Phi) is 3.46. The van der Waals surface area contributed by atoms with Crippen LogP contribution in [-0.4, -0.2) is 6.79 Å². The summed E-state index contributed by atoms with van der Waals surface area (Å²) in [7, 11) is 0. The molecule has 0 spiro atoms. The first-order valence-corrected chi connectivity index (χ1v) is 7.84. The fraction of sp³-hybridized carbons (Fsp3) is 0.150. The van der Waals surface area contributed by atoms with Gasteiger partial charge in [-0.3, -0.25) is 0 Å². The number of hydrogen-bond donors (Lipinski definition) is 0. The van der Waals surface area contributed by atoms with Crippen LogP contribution in [0.5, 0.6) is 11.5 Å². The molecule has 0 amide bonds. The van der Waals surface area contributed by atoms with Crippen molar-refractivity contribution in [3.63, 3.8) is 0 Å². The van der Waals surface area contributed by atoms with Crippen LogP contribution < -0.4 is 14.0 Å². The molecule has 114 valence electrons. The summed E-state index contributed by atoms with van der Waals surface area (Å²) in [6, 6.07) is 18.8. The molecule has 0 radical (unpaired) electrons. The largest absolute Gasteiger partial charge is 0.454 e. The van der Waals surface area contributed by atoms with E-state index in [1.54, 1.807) is 0 Å². The van der Waals surface area contributed by atoms with Gasteiger partial charge in [0.2, 0.25) is 18.0 Å². The Bertz CT molecular complexity index is 899. The second kappa shape index (κ2) is 5.76. The van der Waals surface area contributed by atoms with Gasteiger partial charge in [0.25, 0.3) is 0 Å². The van der Waals surface area contributed by atoms with E-state index in [1.165, 1.54) is 16.6 Å². The van der Waals surface area contributed by atoms with Gasteiger partial charge in [0.15, 0.2) is 11.5 Å². The minimum atomic E-state index is 0.309. The number of rotatable bonds is 3. The molecule has 2 aromatic carbocycles. The van der Waals surface area contributed by atoms with Gasteiger partial charge < -0.3 is 9.47 Å². The van der Waals surface area contributed by atoms with Crippen molar-refractivity contribution in [2.24, 2.45) is 0 Å². The first-order chi connectivity index (χ1) is 11.3. The maximum Gasteiger partial charge on any atom is 0.231 e. The van der Waals surface area contributed by atoms with Gasteiger partial charge in [0, 0.05) is 23.6 Å². The van der Waals surface area contributed by atoms with E-state index in [0.29, 0.717) is 6.79 Å². The Morgan fingerprint density at radius 2 is 1.83 bits per heavy atom. The zero-order chi connectivity index (χ0) is 15.6. The van der Waals surface area contributed by atoms with E-state index in [9.17, 15) is 0 Å². The lowest BCUT2D eigenvalue weighted by Gasteiger charge is -2.03. The molecule has 0 aliphatic carbocycles. The van der Waals surface area contributed by atoms with E-state index in [0.717, 1.165) is 23.6 Å². The van der Waals surface area contributed by atoms with Gasteiger partial charge in [0.1, 0.15) is 6.54 Å². The first kappa shape index (κ1) is 13.8. The molecule has 3 nitrogen and oxygen atoms in total. The molecule has 0 bridgehead atoms. The molecule has 2 heterocycles. The van der Waals surface area contributed by atoms with Crippen LogP contribution in [0.15, 0.2) is 54.6 Å². The van der Waals surface area contributed by atoms with Crippen LogP contribution in [-0.2, 0) is 6.54 Å². The SMILES string of the molecule is CC[n+]1c(/C=C\c2ccc3c(c2)OCO3)ccc2ccccc21. The van der Waals surface area contributed by atoms with Crippen LogP contribution in [0.3, 0.4) is 0 Å². The number of fused-ring (bicyclic) bond motifs is 2. The van der Waals surface area contributed by atoms with Gasteiger partial charge in [-0.25, -0.2) is 0 Å². The zero-order valence-electron chi connectivity index (χ0n) is 13.0. The first-order valence-electron chi connectivity index (χ1n) is 7.84. The second-order valence-corrected chi connectivity index (χ2v) is 5.51. The molecule has 23 heavy (non-hydrogen) atoms. The molecule has 0 N–H and O–H groups in total. The van der Waals surface area contributed by atoms with Crippen molar-refractivity contribution in [1.29, 1.82) is 0 Å². The predicted molar refractivity (Wildman–Crippen MR) is 91.3 cm³/mol. The van der Waals surface area contributed by atoms with E-state index in [2.05, 4.69) is 60.0 Å². The lowest BCUT2D eigenvalue weighted by Crippen LogP contribution is -2.36. The number of benzene rings is 2. The average Bonchev–Trinajstić information content (AvgIpc) is 3.07. The zero-order valence-corrected chi connectivity index (χ0v) is 13.0. The highest BCUT2D eigenvalue weighted by atomic mass is 16.7. The van der Waals surface area contributed by atoms with Crippen molar-refractivity contribution in [1.82, 2.24) is 0 Å². The smallest absolute Gasteiger partial charge is 0.231 e. The normalized spacial score (nSPS) is 13.1. The number of aryl methyl sites for hydroxylation is 1. The highest BCUT2D eigenvalue weighted by molar-refractivity contribution is 5.77. The highest BCUT2D eigenvalue weighted by Crippen LogP contribution is 2.32. The molecule has 0 saturated carbocycles. The predicted octanol–water partition coefficient (Wildman–Crippen LogP) is 4.05. The highest BCUT2D eigenvalue weighted by Gasteiger charge is 2.13. The number of aromatic nitrogens is 1. The summed E-state index contributed by atoms with van der Waals surface area (Å²) in [4.78, 5) is 0. The molecule has 4 rings (SSSR count). The third kappa shape index (κ3) is 2.55. The Balaban J connectivity index is 1.72. The van der Waals surface area contributed by atoms with Gasteiger partial charge in [-0.05, 0) is 42.8 Å². The summed E-state index contributed by atoms with van der Waals surface area (Å²) in [5.41, 5.74) is 3.54. The Morgan fingerprint density at radius 3 is 2.74 bits per heavy atom. The van der Waals surface area contributed by atoms with Gasteiger partial charge in [-0.1, -0.05) is 18.2 Å². The van der Waals surface area contributed by atoms with E-state index in [-0.39, 0.29) is 0 Å². The maximum atomic E-state index is 5.43. The topological polar surface area (TPSA) is 22.3 Å². The van der Waals surface area contributed by atoms with E-state index >= 15 is 0 Å². The van der Waals surface area contributed by atoms with Gasteiger partial charge in [0.05, 0.1) is 0 Å². The molecule has 0 saturated heterocycles. The average molecular weight is 304 g/mol. The molecule has 0 atom stereocenters. The maximum absolute atomic E-state index is 5.43. The molecular weight excluding hydrogens is 286 g/mol. The van der Waals surface area contributed by atoms with Crippen LogP contribution in [0.2, 0.25) is 0 Å². The minimum absolute atomic E-state index is 0.309. The number of ether oxygens (including phenoxy) is 2. The third-order valence-electron chi connectivity index (χ3n) is 4.13. The minimum Gasteiger partial charge on any atom is -0.454 e. The van der Waals surface area contributed by atoms with Crippen molar-refractivity contribution >= 4 is 23.1 Å². The molecule has 1 aliphatic heterocycles. The van der Waals surface area contributed by atoms with Crippen molar-refractivity contribution in [2.75, 3.05) is 6.79 Å². The lowest BCUT2D eigenvalue weighted by atomic mass is 10.1. The molecule has 0 fully saturated rings. The quantitative estimate of drug-likeness (QED) is 0.681. The van der Waals surface area contributed by atoms with Crippen molar-refractivity contribution in [3.05, 3.63) is 65.9 Å². The van der Waals surface area contributed by atoms with Crippen molar-refractivity contribution < 1.29 is 14.0 Å². The monoisotopic (exact) mass is 304 g/mol. The molecule has 3 aromatic rings. The molecular formula is C20H18NO2+. The Labute approximate surface area is 135 Å².